The van der Waals surface area contributed by atoms with Crippen molar-refractivity contribution in [1.29, 1.82) is 0 Å². The van der Waals surface area contributed by atoms with E-state index in [1.807, 2.05) is 37.3 Å². The quantitative estimate of drug-likeness (QED) is 0.673. The average Bonchev–Trinajstić information content (AvgIpc) is 2.47. The van der Waals surface area contributed by atoms with Gasteiger partial charge in [0.25, 0.3) is 0 Å². The van der Waals surface area contributed by atoms with Crippen molar-refractivity contribution in [2.45, 2.75) is 18.9 Å². The Labute approximate surface area is 82.6 Å². The van der Waals surface area contributed by atoms with Crippen molar-refractivity contribution in [2.75, 3.05) is 6.61 Å². The zero-order valence-electron chi connectivity index (χ0n) is 8.03. The SMILES string of the molecule is CC1(Cc2ccccc2)COC(=O)O1. The molecule has 74 valence electrons. The van der Waals surface area contributed by atoms with Crippen LogP contribution >= 0.6 is 0 Å². The molecule has 0 spiro atoms. The Hall–Kier alpha value is -1.51. The van der Waals surface area contributed by atoms with E-state index in [4.69, 9.17) is 9.47 Å². The third-order valence-corrected chi connectivity index (χ3v) is 2.25. The van der Waals surface area contributed by atoms with Crippen LogP contribution in [0.3, 0.4) is 0 Å². The van der Waals surface area contributed by atoms with Crippen molar-refractivity contribution < 1.29 is 14.3 Å². The minimum Gasteiger partial charge on any atom is -0.430 e. The fourth-order valence-electron chi connectivity index (χ4n) is 1.59. The number of hydrogen-bond acceptors (Lipinski definition) is 3. The van der Waals surface area contributed by atoms with Gasteiger partial charge in [0, 0.05) is 6.42 Å². The van der Waals surface area contributed by atoms with Crippen LogP contribution in [0.4, 0.5) is 4.79 Å². The average molecular weight is 192 g/mol. The van der Waals surface area contributed by atoms with Crippen molar-refractivity contribution in [3.05, 3.63) is 35.9 Å². The van der Waals surface area contributed by atoms with E-state index in [-0.39, 0.29) is 0 Å². The molecule has 1 aromatic carbocycles. The molecule has 3 nitrogen and oxygen atoms in total. The largest absolute Gasteiger partial charge is 0.509 e. The van der Waals surface area contributed by atoms with Crippen LogP contribution in [0.5, 0.6) is 0 Å². The van der Waals surface area contributed by atoms with Crippen molar-refractivity contribution in [3.8, 4) is 0 Å². The zero-order valence-corrected chi connectivity index (χ0v) is 8.03. The lowest BCUT2D eigenvalue weighted by molar-refractivity contribution is 0.0712. The molecule has 0 saturated carbocycles. The molecule has 1 fully saturated rings. The highest BCUT2D eigenvalue weighted by Crippen LogP contribution is 2.23. The van der Waals surface area contributed by atoms with Crippen LogP contribution in [0.2, 0.25) is 0 Å². The van der Waals surface area contributed by atoms with Crippen LogP contribution in [0, 0.1) is 0 Å². The second kappa shape index (κ2) is 3.33. The standard InChI is InChI=1S/C11H12O3/c1-11(8-13-10(12)14-11)7-9-5-3-2-4-6-9/h2-6H,7-8H2,1H3. The summed E-state index contributed by atoms with van der Waals surface area (Å²) in [6, 6.07) is 9.92. The van der Waals surface area contributed by atoms with E-state index in [9.17, 15) is 4.79 Å². The molecule has 0 amide bonds. The molecule has 0 N–H and O–H groups in total. The molecule has 14 heavy (non-hydrogen) atoms. The molecule has 1 aliphatic heterocycles. The highest BCUT2D eigenvalue weighted by Gasteiger charge is 2.37. The van der Waals surface area contributed by atoms with E-state index in [1.54, 1.807) is 0 Å². The van der Waals surface area contributed by atoms with Gasteiger partial charge in [-0.3, -0.25) is 0 Å². The van der Waals surface area contributed by atoms with Gasteiger partial charge in [-0.25, -0.2) is 4.79 Å². The lowest BCUT2D eigenvalue weighted by atomic mass is 9.98. The lowest BCUT2D eigenvalue weighted by Gasteiger charge is -2.18. The van der Waals surface area contributed by atoms with Gasteiger partial charge < -0.3 is 9.47 Å². The molecular weight excluding hydrogens is 180 g/mol. The number of rotatable bonds is 2. The third kappa shape index (κ3) is 1.87. The number of carbonyl (C=O) groups is 1. The van der Waals surface area contributed by atoms with Crippen LogP contribution in [0.15, 0.2) is 30.3 Å². The Balaban J connectivity index is 2.08. The van der Waals surface area contributed by atoms with Crippen molar-refractivity contribution in [3.63, 3.8) is 0 Å². The Kier molecular flexibility index (Phi) is 2.15. The maximum atomic E-state index is 10.8. The topological polar surface area (TPSA) is 35.5 Å². The number of benzene rings is 1. The van der Waals surface area contributed by atoms with Crippen molar-refractivity contribution in [1.82, 2.24) is 0 Å². The van der Waals surface area contributed by atoms with Crippen molar-refractivity contribution in [2.24, 2.45) is 0 Å². The smallest absolute Gasteiger partial charge is 0.430 e. The van der Waals surface area contributed by atoms with Crippen LogP contribution in [-0.2, 0) is 15.9 Å². The molecule has 0 aliphatic carbocycles. The molecule has 1 aliphatic rings. The molecule has 1 heterocycles. The second-order valence-electron chi connectivity index (χ2n) is 3.75. The van der Waals surface area contributed by atoms with Gasteiger partial charge in [-0.15, -0.1) is 0 Å². The van der Waals surface area contributed by atoms with Crippen LogP contribution in [-0.4, -0.2) is 18.4 Å². The molecule has 1 atom stereocenters. The monoisotopic (exact) mass is 192 g/mol. The first-order valence-electron chi connectivity index (χ1n) is 4.58. The van der Waals surface area contributed by atoms with E-state index in [2.05, 4.69) is 0 Å². The molecular formula is C11H12O3. The van der Waals surface area contributed by atoms with Crippen LogP contribution in [0.25, 0.3) is 0 Å². The summed E-state index contributed by atoms with van der Waals surface area (Å²) in [4.78, 5) is 10.8. The minimum absolute atomic E-state index is 0.334. The fourth-order valence-corrected chi connectivity index (χ4v) is 1.59. The number of ether oxygens (including phenoxy) is 2. The van der Waals surface area contributed by atoms with Crippen LogP contribution < -0.4 is 0 Å². The summed E-state index contributed by atoms with van der Waals surface area (Å²) in [5, 5.41) is 0. The normalized spacial score (nSPS) is 25.6. The first kappa shape index (κ1) is 9.06. The Morgan fingerprint density at radius 2 is 2.07 bits per heavy atom. The molecule has 0 aromatic heterocycles. The molecule has 2 rings (SSSR count). The summed E-state index contributed by atoms with van der Waals surface area (Å²) in [7, 11) is 0. The van der Waals surface area contributed by atoms with Crippen LogP contribution in [0.1, 0.15) is 12.5 Å². The highest BCUT2D eigenvalue weighted by molar-refractivity contribution is 5.62. The van der Waals surface area contributed by atoms with E-state index < -0.39 is 11.8 Å². The maximum Gasteiger partial charge on any atom is 0.509 e. The summed E-state index contributed by atoms with van der Waals surface area (Å²) >= 11 is 0. The van der Waals surface area contributed by atoms with Gasteiger partial charge >= 0.3 is 6.16 Å². The molecule has 1 unspecified atom stereocenters. The lowest BCUT2D eigenvalue weighted by Crippen LogP contribution is -2.30. The Bertz CT molecular complexity index is 334. The zero-order chi connectivity index (χ0) is 10.0. The minimum atomic E-state index is -0.566. The Morgan fingerprint density at radius 3 is 2.64 bits per heavy atom. The highest BCUT2D eigenvalue weighted by atomic mass is 16.8. The van der Waals surface area contributed by atoms with Gasteiger partial charge in [-0.1, -0.05) is 30.3 Å². The molecule has 0 radical (unpaired) electrons. The number of cyclic esters (lactones) is 2. The predicted octanol–water partition coefficient (Wildman–Crippen LogP) is 2.15. The summed E-state index contributed by atoms with van der Waals surface area (Å²) in [5.41, 5.74) is 0.645. The number of carbonyl (C=O) groups excluding carboxylic acids is 1. The van der Waals surface area contributed by atoms with Gasteiger partial charge in [-0.2, -0.15) is 0 Å². The maximum absolute atomic E-state index is 10.8. The van der Waals surface area contributed by atoms with Gasteiger partial charge in [0.1, 0.15) is 6.61 Å². The third-order valence-electron chi connectivity index (χ3n) is 2.25. The van der Waals surface area contributed by atoms with Gasteiger partial charge in [0.05, 0.1) is 0 Å². The second-order valence-corrected chi connectivity index (χ2v) is 3.75. The van der Waals surface area contributed by atoms with Gasteiger partial charge in [-0.05, 0) is 12.5 Å². The summed E-state index contributed by atoms with van der Waals surface area (Å²) in [6.07, 6.45) is 0.128. The first-order valence-corrected chi connectivity index (χ1v) is 4.58. The summed E-state index contributed by atoms with van der Waals surface area (Å²) < 4.78 is 9.87. The molecule has 0 bridgehead atoms. The van der Waals surface area contributed by atoms with E-state index in [0.717, 1.165) is 5.56 Å². The fraction of sp³-hybridized carbons (Fsp3) is 0.364. The van der Waals surface area contributed by atoms with Gasteiger partial charge in [0.2, 0.25) is 0 Å². The summed E-state index contributed by atoms with van der Waals surface area (Å²) in [5.74, 6) is 0. The number of hydrogen-bond donors (Lipinski definition) is 0. The van der Waals surface area contributed by atoms with E-state index in [0.29, 0.717) is 13.0 Å². The Morgan fingerprint density at radius 1 is 1.36 bits per heavy atom. The first-order chi connectivity index (χ1) is 6.68. The van der Waals surface area contributed by atoms with E-state index >= 15 is 0 Å². The van der Waals surface area contributed by atoms with Crippen molar-refractivity contribution >= 4 is 6.16 Å². The molecule has 1 saturated heterocycles. The molecule has 3 heteroatoms. The predicted molar refractivity (Wildman–Crippen MR) is 51.0 cm³/mol. The summed E-state index contributed by atoms with van der Waals surface area (Å²) in [6.45, 7) is 2.21. The van der Waals surface area contributed by atoms with E-state index in [1.165, 1.54) is 0 Å². The van der Waals surface area contributed by atoms with Gasteiger partial charge in [0.15, 0.2) is 5.60 Å². The molecule has 1 aromatic rings.